The molecule has 3 aromatic rings. The van der Waals surface area contributed by atoms with Crippen molar-refractivity contribution in [3.05, 3.63) is 64.1 Å². The van der Waals surface area contributed by atoms with E-state index in [9.17, 15) is 9.59 Å². The number of amides is 2. The third kappa shape index (κ3) is 4.41. The third-order valence-corrected chi connectivity index (χ3v) is 4.24. The van der Waals surface area contributed by atoms with Gasteiger partial charge in [0.25, 0.3) is 5.91 Å². The van der Waals surface area contributed by atoms with Gasteiger partial charge in [0.1, 0.15) is 0 Å². The Balaban J connectivity index is 1.54. The van der Waals surface area contributed by atoms with Gasteiger partial charge in [-0.15, -0.1) is 10.2 Å². The van der Waals surface area contributed by atoms with Crippen molar-refractivity contribution in [1.29, 1.82) is 0 Å². The lowest BCUT2D eigenvalue weighted by Gasteiger charge is -2.08. The summed E-state index contributed by atoms with van der Waals surface area (Å²) in [4.78, 5) is 24.1. The van der Waals surface area contributed by atoms with E-state index in [2.05, 4.69) is 43.4 Å². The molecule has 0 aliphatic heterocycles. The molecule has 8 heteroatoms. The van der Waals surface area contributed by atoms with Gasteiger partial charge in [0.15, 0.2) is 0 Å². The predicted octanol–water partition coefficient (Wildman–Crippen LogP) is 2.71. The third-order valence-electron chi connectivity index (χ3n) is 3.30. The van der Waals surface area contributed by atoms with Gasteiger partial charge in [0, 0.05) is 14.8 Å². The Morgan fingerprint density at radius 1 is 1.08 bits per heavy atom. The van der Waals surface area contributed by atoms with Crippen LogP contribution in [0.25, 0.3) is 11.5 Å². The van der Waals surface area contributed by atoms with E-state index in [4.69, 9.17) is 4.42 Å². The minimum atomic E-state index is -0.315. The van der Waals surface area contributed by atoms with Crippen LogP contribution in [0, 0.1) is 3.57 Å². The first-order chi connectivity index (χ1) is 12.1. The normalized spacial score (nSPS) is 10.3. The zero-order valence-electron chi connectivity index (χ0n) is 12.9. The molecule has 0 bridgehead atoms. The van der Waals surface area contributed by atoms with E-state index in [1.54, 1.807) is 36.4 Å². The van der Waals surface area contributed by atoms with E-state index >= 15 is 0 Å². The maximum atomic E-state index is 12.1. The van der Waals surface area contributed by atoms with E-state index in [1.165, 1.54) is 6.39 Å². The first kappa shape index (κ1) is 17.1. The smallest absolute Gasteiger partial charge is 0.252 e. The van der Waals surface area contributed by atoms with E-state index < -0.39 is 0 Å². The van der Waals surface area contributed by atoms with Crippen molar-refractivity contribution in [3.8, 4) is 11.5 Å². The van der Waals surface area contributed by atoms with Gasteiger partial charge >= 0.3 is 0 Å². The number of aromatic nitrogens is 2. The van der Waals surface area contributed by atoms with Crippen LogP contribution in [-0.4, -0.2) is 28.6 Å². The molecule has 0 atom stereocenters. The highest BCUT2D eigenvalue weighted by Crippen LogP contribution is 2.18. The Labute approximate surface area is 157 Å². The molecule has 0 unspecified atom stereocenters. The van der Waals surface area contributed by atoms with Gasteiger partial charge < -0.3 is 15.1 Å². The molecule has 2 amide bonds. The summed E-state index contributed by atoms with van der Waals surface area (Å²) in [6, 6.07) is 14.1. The fraction of sp³-hybridized carbons (Fsp3) is 0.0588. The average molecular weight is 448 g/mol. The predicted molar refractivity (Wildman–Crippen MR) is 99.9 cm³/mol. The SMILES string of the molecule is O=C(CNC(=O)c1ccccc1I)Nc1ccc(-c2nnco2)cc1. The van der Waals surface area contributed by atoms with Gasteiger partial charge in [-0.2, -0.15) is 0 Å². The molecule has 25 heavy (non-hydrogen) atoms. The number of nitrogens with one attached hydrogen (secondary N) is 2. The Morgan fingerprint density at radius 2 is 1.84 bits per heavy atom. The zero-order valence-corrected chi connectivity index (χ0v) is 15.1. The second-order valence-corrected chi connectivity index (χ2v) is 6.19. The molecule has 0 aliphatic rings. The lowest BCUT2D eigenvalue weighted by Crippen LogP contribution is -2.33. The van der Waals surface area contributed by atoms with Crippen molar-refractivity contribution >= 4 is 40.1 Å². The van der Waals surface area contributed by atoms with Gasteiger partial charge in [-0.1, -0.05) is 12.1 Å². The van der Waals surface area contributed by atoms with Crippen molar-refractivity contribution in [3.63, 3.8) is 0 Å². The maximum Gasteiger partial charge on any atom is 0.252 e. The summed E-state index contributed by atoms with van der Waals surface area (Å²) in [6.07, 6.45) is 1.25. The van der Waals surface area contributed by atoms with E-state index in [-0.39, 0.29) is 18.4 Å². The molecule has 2 aromatic carbocycles. The minimum Gasteiger partial charge on any atom is -0.423 e. The number of anilines is 1. The second-order valence-electron chi connectivity index (χ2n) is 5.03. The van der Waals surface area contributed by atoms with Gasteiger partial charge in [0.2, 0.25) is 18.2 Å². The molecule has 0 fully saturated rings. The number of hydrogen-bond donors (Lipinski definition) is 2. The molecule has 3 rings (SSSR count). The molecule has 126 valence electrons. The Bertz CT molecular complexity index is 879. The van der Waals surface area contributed by atoms with Crippen molar-refractivity contribution in [2.24, 2.45) is 0 Å². The quantitative estimate of drug-likeness (QED) is 0.586. The first-order valence-electron chi connectivity index (χ1n) is 7.32. The van der Waals surface area contributed by atoms with Gasteiger partial charge in [0.05, 0.1) is 12.1 Å². The van der Waals surface area contributed by atoms with Crippen molar-refractivity contribution in [2.45, 2.75) is 0 Å². The molecular formula is C17H13IN4O3. The summed E-state index contributed by atoms with van der Waals surface area (Å²) in [7, 11) is 0. The van der Waals surface area contributed by atoms with Crippen LogP contribution in [0.1, 0.15) is 10.4 Å². The second kappa shape index (κ2) is 7.88. The van der Waals surface area contributed by atoms with E-state index in [1.807, 2.05) is 12.1 Å². The number of hydrogen-bond acceptors (Lipinski definition) is 5. The van der Waals surface area contributed by atoms with E-state index in [0.29, 0.717) is 17.1 Å². The summed E-state index contributed by atoms with van der Waals surface area (Å²) in [5.41, 5.74) is 1.90. The summed E-state index contributed by atoms with van der Waals surface area (Å²) in [5, 5.41) is 12.7. The fourth-order valence-corrected chi connectivity index (χ4v) is 2.73. The number of nitrogens with zero attached hydrogens (tertiary/aromatic N) is 2. The van der Waals surface area contributed by atoms with Gasteiger partial charge in [-0.3, -0.25) is 9.59 Å². The molecule has 0 saturated carbocycles. The number of carbonyl (C=O) groups is 2. The zero-order chi connectivity index (χ0) is 17.6. The van der Waals surface area contributed by atoms with Crippen LogP contribution in [0.5, 0.6) is 0 Å². The molecule has 0 radical (unpaired) electrons. The number of carbonyl (C=O) groups excluding carboxylic acids is 2. The van der Waals surface area contributed by atoms with Crippen molar-refractivity contribution in [2.75, 3.05) is 11.9 Å². The molecule has 0 aliphatic carbocycles. The monoisotopic (exact) mass is 448 g/mol. The Kier molecular flexibility index (Phi) is 5.39. The highest BCUT2D eigenvalue weighted by atomic mass is 127. The standard InChI is InChI=1S/C17H13IN4O3/c18-14-4-2-1-3-13(14)16(24)19-9-15(23)21-12-7-5-11(6-8-12)17-22-20-10-25-17/h1-8,10H,9H2,(H,19,24)(H,21,23). The van der Waals surface area contributed by atoms with Crippen LogP contribution >= 0.6 is 22.6 Å². The molecular weight excluding hydrogens is 435 g/mol. The lowest BCUT2D eigenvalue weighted by molar-refractivity contribution is -0.115. The topological polar surface area (TPSA) is 97.1 Å². The first-order valence-corrected chi connectivity index (χ1v) is 8.40. The molecule has 2 N–H and O–H groups in total. The van der Waals surface area contributed by atoms with Crippen LogP contribution in [-0.2, 0) is 4.79 Å². The van der Waals surface area contributed by atoms with Crippen LogP contribution in [0.3, 0.4) is 0 Å². The van der Waals surface area contributed by atoms with Crippen molar-refractivity contribution < 1.29 is 14.0 Å². The van der Waals surface area contributed by atoms with Crippen LogP contribution in [0.4, 0.5) is 5.69 Å². The minimum absolute atomic E-state index is 0.116. The summed E-state index contributed by atoms with van der Waals surface area (Å²) >= 11 is 2.08. The van der Waals surface area contributed by atoms with E-state index in [0.717, 1.165) is 9.13 Å². The molecule has 1 aromatic heterocycles. The number of benzene rings is 2. The lowest BCUT2D eigenvalue weighted by atomic mass is 10.2. The summed E-state index contributed by atoms with van der Waals surface area (Å²) in [5.74, 6) is -0.195. The number of rotatable bonds is 5. The Morgan fingerprint density at radius 3 is 2.52 bits per heavy atom. The fourth-order valence-electron chi connectivity index (χ4n) is 2.10. The molecule has 1 heterocycles. The van der Waals surface area contributed by atoms with Crippen molar-refractivity contribution in [1.82, 2.24) is 15.5 Å². The van der Waals surface area contributed by atoms with Crippen LogP contribution in [0.2, 0.25) is 0 Å². The highest BCUT2D eigenvalue weighted by molar-refractivity contribution is 14.1. The van der Waals surface area contributed by atoms with Gasteiger partial charge in [-0.05, 0) is 59.0 Å². The van der Waals surface area contributed by atoms with Crippen LogP contribution in [0.15, 0.2) is 59.3 Å². The highest BCUT2D eigenvalue weighted by Gasteiger charge is 2.11. The number of halogens is 1. The largest absolute Gasteiger partial charge is 0.423 e. The molecule has 0 spiro atoms. The average Bonchev–Trinajstić information content (AvgIpc) is 3.15. The molecule has 7 nitrogen and oxygen atoms in total. The van der Waals surface area contributed by atoms with Gasteiger partial charge in [-0.25, -0.2) is 0 Å². The maximum absolute atomic E-state index is 12.1. The summed E-state index contributed by atoms with van der Waals surface area (Å²) in [6.45, 7) is -0.116. The Hall–Kier alpha value is -2.75. The van der Waals surface area contributed by atoms with Crippen LogP contribution < -0.4 is 10.6 Å². The summed E-state index contributed by atoms with van der Waals surface area (Å²) < 4.78 is 5.93. The molecule has 0 saturated heterocycles.